The van der Waals surface area contributed by atoms with Crippen LogP contribution in [0.2, 0.25) is 5.02 Å². The summed E-state index contributed by atoms with van der Waals surface area (Å²) in [6.45, 7) is 0.711. The lowest BCUT2D eigenvalue weighted by Crippen LogP contribution is -2.09. The molecule has 0 unspecified atom stereocenters. The van der Waals surface area contributed by atoms with Gasteiger partial charge < -0.3 is 14.6 Å². The van der Waals surface area contributed by atoms with E-state index in [0.29, 0.717) is 34.2 Å². The van der Waals surface area contributed by atoms with Gasteiger partial charge in [0.15, 0.2) is 0 Å². The number of hydrogen-bond donors (Lipinski definition) is 1. The van der Waals surface area contributed by atoms with Gasteiger partial charge in [-0.15, -0.1) is 0 Å². The molecule has 2 aromatic rings. The van der Waals surface area contributed by atoms with Gasteiger partial charge in [-0.1, -0.05) is 11.6 Å². The number of carboxylic acids is 1. The molecule has 110 valence electrons. The van der Waals surface area contributed by atoms with Crippen molar-refractivity contribution in [2.24, 2.45) is 0 Å². The molecule has 0 atom stereocenters. The summed E-state index contributed by atoms with van der Waals surface area (Å²) in [5.74, 6) is 0.302. The van der Waals surface area contributed by atoms with Crippen LogP contribution < -0.4 is 9.47 Å². The van der Waals surface area contributed by atoms with Crippen LogP contribution in [0.5, 0.6) is 11.5 Å². The lowest BCUT2D eigenvalue weighted by atomic mass is 10.2. The largest absolute Gasteiger partial charge is 0.490 e. The van der Waals surface area contributed by atoms with Crippen LogP contribution in [0, 0.1) is 0 Å². The number of aromatic carboxylic acids is 1. The van der Waals surface area contributed by atoms with Gasteiger partial charge in [-0.05, 0) is 58.4 Å². The van der Waals surface area contributed by atoms with Crippen LogP contribution in [0.25, 0.3) is 0 Å². The Bertz CT molecular complexity index is 628. The van der Waals surface area contributed by atoms with E-state index in [1.807, 2.05) is 0 Å². The first-order chi connectivity index (χ1) is 10.1. The molecule has 0 bridgehead atoms. The molecule has 2 aromatic carbocycles. The van der Waals surface area contributed by atoms with Crippen LogP contribution >= 0.6 is 27.5 Å². The predicted octanol–water partition coefficient (Wildman–Crippen LogP) is 4.26. The zero-order valence-electron chi connectivity index (χ0n) is 10.9. The van der Waals surface area contributed by atoms with Crippen molar-refractivity contribution >= 4 is 33.5 Å². The Hall–Kier alpha value is -1.72. The Balaban J connectivity index is 1.83. The molecule has 21 heavy (non-hydrogen) atoms. The van der Waals surface area contributed by atoms with Crippen LogP contribution in [0.3, 0.4) is 0 Å². The molecule has 1 N–H and O–H groups in total. The second kappa shape index (κ2) is 7.33. The first-order valence-electron chi connectivity index (χ1n) is 6.10. The highest BCUT2D eigenvalue weighted by Crippen LogP contribution is 2.26. The van der Waals surface area contributed by atoms with Crippen LogP contribution in [0.4, 0.5) is 0 Å². The molecule has 0 amide bonds. The van der Waals surface area contributed by atoms with E-state index in [1.165, 1.54) is 12.1 Å². The first-order valence-corrected chi connectivity index (χ1v) is 7.27. The fourth-order valence-corrected chi connectivity index (χ4v) is 2.21. The van der Waals surface area contributed by atoms with Gasteiger partial charge in [0.05, 0.1) is 10.0 Å². The number of halogens is 2. The first kappa shape index (κ1) is 15.7. The van der Waals surface area contributed by atoms with Crippen molar-refractivity contribution < 1.29 is 19.4 Å². The highest BCUT2D eigenvalue weighted by atomic mass is 79.9. The molecule has 6 heteroatoms. The average molecular weight is 372 g/mol. The standard InChI is InChI=1S/C15H12BrClO4/c16-13-9-10(15(18)19)1-6-14(13)21-8-7-20-12-4-2-11(17)3-5-12/h1-6,9H,7-8H2,(H,18,19). The molecule has 0 aromatic heterocycles. The third kappa shape index (κ3) is 4.65. The van der Waals surface area contributed by atoms with E-state index in [9.17, 15) is 4.79 Å². The number of rotatable bonds is 6. The summed E-state index contributed by atoms with van der Waals surface area (Å²) in [6.07, 6.45) is 0. The molecule has 0 aliphatic heterocycles. The van der Waals surface area contributed by atoms with E-state index in [1.54, 1.807) is 30.3 Å². The van der Waals surface area contributed by atoms with E-state index in [4.69, 9.17) is 26.2 Å². The molecule has 0 fully saturated rings. The molecule has 0 aliphatic carbocycles. The highest BCUT2D eigenvalue weighted by molar-refractivity contribution is 9.10. The van der Waals surface area contributed by atoms with Crippen molar-refractivity contribution in [1.29, 1.82) is 0 Å². The average Bonchev–Trinajstić information content (AvgIpc) is 2.46. The van der Waals surface area contributed by atoms with Crippen molar-refractivity contribution in [1.82, 2.24) is 0 Å². The topological polar surface area (TPSA) is 55.8 Å². The second-order valence-electron chi connectivity index (χ2n) is 4.10. The van der Waals surface area contributed by atoms with Gasteiger partial charge in [0, 0.05) is 5.02 Å². The Morgan fingerprint density at radius 2 is 1.76 bits per heavy atom. The molecule has 0 saturated carbocycles. The van der Waals surface area contributed by atoms with E-state index in [2.05, 4.69) is 15.9 Å². The number of ether oxygens (including phenoxy) is 2. The third-order valence-corrected chi connectivity index (χ3v) is 3.47. The van der Waals surface area contributed by atoms with Gasteiger partial charge in [0.1, 0.15) is 24.7 Å². The smallest absolute Gasteiger partial charge is 0.335 e. The van der Waals surface area contributed by atoms with Crippen LogP contribution in [0.1, 0.15) is 10.4 Å². The number of carboxylic acid groups (broad SMARTS) is 1. The maximum absolute atomic E-state index is 10.8. The fraction of sp³-hybridized carbons (Fsp3) is 0.133. The van der Waals surface area contributed by atoms with Crippen LogP contribution in [-0.2, 0) is 0 Å². The molecular weight excluding hydrogens is 360 g/mol. The minimum atomic E-state index is -0.978. The summed E-state index contributed by atoms with van der Waals surface area (Å²) in [6, 6.07) is 11.6. The van der Waals surface area contributed by atoms with Crippen molar-refractivity contribution in [2.75, 3.05) is 13.2 Å². The van der Waals surface area contributed by atoms with Gasteiger partial charge in [-0.25, -0.2) is 4.79 Å². The zero-order chi connectivity index (χ0) is 15.2. The van der Waals surface area contributed by atoms with E-state index < -0.39 is 5.97 Å². The van der Waals surface area contributed by atoms with Gasteiger partial charge >= 0.3 is 5.97 Å². The summed E-state index contributed by atoms with van der Waals surface area (Å²) in [5.41, 5.74) is 0.201. The lowest BCUT2D eigenvalue weighted by Gasteiger charge is -2.10. The van der Waals surface area contributed by atoms with Gasteiger partial charge in [0.25, 0.3) is 0 Å². The molecule has 0 radical (unpaired) electrons. The third-order valence-electron chi connectivity index (χ3n) is 2.60. The summed E-state index contributed by atoms with van der Waals surface area (Å²) in [7, 11) is 0. The number of benzene rings is 2. The molecule has 4 nitrogen and oxygen atoms in total. The summed E-state index contributed by atoms with van der Waals surface area (Å²) < 4.78 is 11.6. The Morgan fingerprint density at radius 3 is 2.38 bits per heavy atom. The van der Waals surface area contributed by atoms with Crippen molar-refractivity contribution in [3.05, 3.63) is 57.5 Å². The monoisotopic (exact) mass is 370 g/mol. The molecule has 0 heterocycles. The minimum absolute atomic E-state index is 0.201. The molecule has 0 aliphatic rings. The number of hydrogen-bond acceptors (Lipinski definition) is 3. The maximum atomic E-state index is 10.8. The molecular formula is C15H12BrClO4. The van der Waals surface area contributed by atoms with Crippen molar-refractivity contribution in [3.63, 3.8) is 0 Å². The van der Waals surface area contributed by atoms with E-state index >= 15 is 0 Å². The van der Waals surface area contributed by atoms with E-state index in [-0.39, 0.29) is 5.56 Å². The molecule has 0 spiro atoms. The van der Waals surface area contributed by atoms with Crippen molar-refractivity contribution in [3.8, 4) is 11.5 Å². The fourth-order valence-electron chi connectivity index (χ4n) is 1.59. The Kier molecular flexibility index (Phi) is 5.47. The summed E-state index contributed by atoms with van der Waals surface area (Å²) in [4.78, 5) is 10.8. The maximum Gasteiger partial charge on any atom is 0.335 e. The zero-order valence-corrected chi connectivity index (χ0v) is 13.2. The second-order valence-corrected chi connectivity index (χ2v) is 5.39. The molecule has 2 rings (SSSR count). The summed E-state index contributed by atoms with van der Waals surface area (Å²) in [5, 5.41) is 9.52. The van der Waals surface area contributed by atoms with E-state index in [0.717, 1.165) is 0 Å². The molecule has 0 saturated heterocycles. The Morgan fingerprint density at radius 1 is 1.10 bits per heavy atom. The van der Waals surface area contributed by atoms with Crippen LogP contribution in [-0.4, -0.2) is 24.3 Å². The quantitative estimate of drug-likeness (QED) is 0.771. The minimum Gasteiger partial charge on any atom is -0.490 e. The van der Waals surface area contributed by atoms with Crippen LogP contribution in [0.15, 0.2) is 46.9 Å². The van der Waals surface area contributed by atoms with Gasteiger partial charge in [-0.2, -0.15) is 0 Å². The highest BCUT2D eigenvalue weighted by Gasteiger charge is 2.07. The van der Waals surface area contributed by atoms with Gasteiger partial charge in [0.2, 0.25) is 0 Å². The SMILES string of the molecule is O=C(O)c1ccc(OCCOc2ccc(Cl)cc2)c(Br)c1. The number of carbonyl (C=O) groups is 1. The summed E-state index contributed by atoms with van der Waals surface area (Å²) >= 11 is 9.05. The lowest BCUT2D eigenvalue weighted by molar-refractivity contribution is 0.0696. The predicted molar refractivity (Wildman–Crippen MR) is 83.5 cm³/mol. The Labute approximate surface area is 135 Å². The van der Waals surface area contributed by atoms with Crippen molar-refractivity contribution in [2.45, 2.75) is 0 Å². The van der Waals surface area contributed by atoms with Gasteiger partial charge in [-0.3, -0.25) is 0 Å². The normalized spacial score (nSPS) is 10.2.